The maximum absolute atomic E-state index is 6.04. The fraction of sp³-hybridized carbons (Fsp3) is 0.500. The molecule has 2 heterocycles. The van der Waals surface area contributed by atoms with Crippen molar-refractivity contribution < 1.29 is 9.30 Å². The number of fused-ring (bicyclic) bond motifs is 3. The monoisotopic (exact) mass is 395 g/mol. The van der Waals surface area contributed by atoms with Gasteiger partial charge < -0.3 is 4.74 Å². The molecule has 1 aromatic heterocycles. The van der Waals surface area contributed by atoms with Gasteiger partial charge in [0.25, 0.3) is 0 Å². The van der Waals surface area contributed by atoms with Gasteiger partial charge in [0.05, 0.1) is 10.8 Å². The number of rotatable bonds is 4. The first kappa shape index (κ1) is 23.2. The van der Waals surface area contributed by atoms with E-state index in [4.69, 9.17) is 4.74 Å². The summed E-state index contributed by atoms with van der Waals surface area (Å²) in [6.07, 6.45) is 6.24. The van der Waals surface area contributed by atoms with Crippen molar-refractivity contribution in [3.05, 3.63) is 48.2 Å². The molecule has 0 unspecified atom stereocenters. The molecule has 1 fully saturated rings. The molecular formula is C26H39N2O+. The molecule has 158 valence electrons. The number of likely N-dealkylation sites (tertiary alicyclic amines) is 1. The zero-order chi connectivity index (χ0) is 21.2. The normalized spacial score (nSPS) is 14.0. The number of pyridine rings is 1. The molecule has 3 heteroatoms. The summed E-state index contributed by atoms with van der Waals surface area (Å²) in [5.74, 6) is 0.969. The third kappa shape index (κ3) is 5.93. The van der Waals surface area contributed by atoms with Crippen molar-refractivity contribution in [3.8, 4) is 5.75 Å². The van der Waals surface area contributed by atoms with Crippen LogP contribution < -0.4 is 9.30 Å². The van der Waals surface area contributed by atoms with E-state index in [1.54, 1.807) is 0 Å². The average Bonchev–Trinajstić information content (AvgIpc) is 2.77. The summed E-state index contributed by atoms with van der Waals surface area (Å²) in [5, 5.41) is 3.83. The third-order valence-electron chi connectivity index (χ3n) is 5.30. The smallest absolute Gasteiger partial charge is 0.212 e. The van der Waals surface area contributed by atoms with Gasteiger partial charge in [-0.1, -0.05) is 45.7 Å². The summed E-state index contributed by atoms with van der Waals surface area (Å²) in [6, 6.07) is 13.1. The molecule has 3 nitrogen and oxygen atoms in total. The van der Waals surface area contributed by atoms with Crippen molar-refractivity contribution in [2.24, 2.45) is 7.05 Å². The predicted octanol–water partition coefficient (Wildman–Crippen LogP) is 6.04. The Bertz CT molecular complexity index is 898. The summed E-state index contributed by atoms with van der Waals surface area (Å²) in [5.41, 5.74) is 2.55. The fourth-order valence-corrected chi connectivity index (χ4v) is 3.91. The summed E-state index contributed by atoms with van der Waals surface area (Å²) in [6.45, 7) is 14.4. The molecule has 0 bridgehead atoms. The van der Waals surface area contributed by atoms with Crippen molar-refractivity contribution in [2.45, 2.75) is 53.9 Å². The number of hydrogen-bond donors (Lipinski definition) is 0. The van der Waals surface area contributed by atoms with E-state index in [0.29, 0.717) is 0 Å². The Morgan fingerprint density at radius 1 is 0.897 bits per heavy atom. The number of ether oxygens (including phenoxy) is 1. The van der Waals surface area contributed by atoms with Crippen molar-refractivity contribution in [1.82, 2.24) is 4.90 Å². The minimum atomic E-state index is 0.768. The minimum Gasteiger partial charge on any atom is -0.492 e. The number of hydrogen-bond acceptors (Lipinski definition) is 2. The fourth-order valence-electron chi connectivity index (χ4n) is 3.91. The number of benzene rings is 2. The van der Waals surface area contributed by atoms with Gasteiger partial charge in [-0.15, -0.1) is 0 Å². The van der Waals surface area contributed by atoms with E-state index in [1.807, 2.05) is 27.7 Å². The Kier molecular flexibility index (Phi) is 9.40. The maximum Gasteiger partial charge on any atom is 0.212 e. The Morgan fingerprint density at radius 2 is 1.62 bits per heavy atom. The number of piperidine rings is 1. The highest BCUT2D eigenvalue weighted by Gasteiger charge is 2.12. The highest BCUT2D eigenvalue weighted by atomic mass is 16.5. The van der Waals surface area contributed by atoms with Crippen LogP contribution in [0.15, 0.2) is 42.6 Å². The van der Waals surface area contributed by atoms with E-state index in [0.717, 1.165) is 18.9 Å². The number of aromatic nitrogens is 1. The Hall–Kier alpha value is -2.13. The van der Waals surface area contributed by atoms with Crippen LogP contribution in [-0.4, -0.2) is 31.1 Å². The molecule has 2 aromatic carbocycles. The maximum atomic E-state index is 6.04. The molecule has 4 rings (SSSR count). The van der Waals surface area contributed by atoms with Crippen molar-refractivity contribution >= 4 is 21.7 Å². The predicted molar refractivity (Wildman–Crippen MR) is 126 cm³/mol. The molecule has 1 aliphatic rings. The summed E-state index contributed by atoms with van der Waals surface area (Å²) >= 11 is 0. The van der Waals surface area contributed by atoms with Crippen LogP contribution in [0, 0.1) is 6.92 Å². The SMILES string of the molecule is CC.CC.Cc1ccc2c(c1)c1ccc(OCCN3CCCCC3)cc1c[n+]2C. The van der Waals surface area contributed by atoms with E-state index in [1.165, 1.54) is 59.6 Å². The first-order valence-electron chi connectivity index (χ1n) is 11.4. The Balaban J connectivity index is 0.000000707. The Morgan fingerprint density at radius 3 is 2.34 bits per heavy atom. The largest absolute Gasteiger partial charge is 0.492 e. The standard InChI is InChI=1S/C22H27N2O.2C2H6/c1-17-6-9-22-21(14-17)20-8-7-19(15-18(20)16-23(22)2)25-13-12-24-10-4-3-5-11-24;2*1-2/h6-9,14-16H,3-5,10-13H2,1-2H3;2*1-2H3/q+1;;. The van der Waals surface area contributed by atoms with E-state index in [9.17, 15) is 0 Å². The van der Waals surface area contributed by atoms with Crippen LogP contribution >= 0.6 is 0 Å². The topological polar surface area (TPSA) is 16.4 Å². The molecule has 1 saturated heterocycles. The van der Waals surface area contributed by atoms with Gasteiger partial charge in [0.15, 0.2) is 6.20 Å². The summed E-state index contributed by atoms with van der Waals surface area (Å²) in [4.78, 5) is 2.51. The minimum absolute atomic E-state index is 0.768. The van der Waals surface area contributed by atoms with Gasteiger partial charge in [-0.3, -0.25) is 4.90 Å². The lowest BCUT2D eigenvalue weighted by molar-refractivity contribution is -0.643. The first-order chi connectivity index (χ1) is 14.2. The van der Waals surface area contributed by atoms with Crippen LogP contribution in [0.5, 0.6) is 5.75 Å². The number of aryl methyl sites for hydroxylation is 2. The Labute approximate surface area is 177 Å². The van der Waals surface area contributed by atoms with E-state index in [2.05, 4.69) is 66.0 Å². The average molecular weight is 396 g/mol. The van der Waals surface area contributed by atoms with E-state index in [-0.39, 0.29) is 0 Å². The van der Waals surface area contributed by atoms with Crippen LogP contribution in [0.4, 0.5) is 0 Å². The molecule has 0 aliphatic carbocycles. The van der Waals surface area contributed by atoms with E-state index >= 15 is 0 Å². The van der Waals surface area contributed by atoms with Crippen LogP contribution in [0.1, 0.15) is 52.5 Å². The van der Waals surface area contributed by atoms with Crippen LogP contribution in [0.3, 0.4) is 0 Å². The lowest BCUT2D eigenvalue weighted by Crippen LogP contribution is -2.33. The molecule has 3 aromatic rings. The molecule has 0 atom stereocenters. The molecule has 0 amide bonds. The quantitative estimate of drug-likeness (QED) is 0.395. The lowest BCUT2D eigenvalue weighted by atomic mass is 10.0. The van der Waals surface area contributed by atoms with Gasteiger partial charge in [-0.25, -0.2) is 4.57 Å². The number of nitrogens with zero attached hydrogens (tertiary/aromatic N) is 2. The van der Waals surface area contributed by atoms with Crippen LogP contribution in [-0.2, 0) is 7.05 Å². The highest BCUT2D eigenvalue weighted by molar-refractivity contribution is 6.04. The molecular weight excluding hydrogens is 356 g/mol. The van der Waals surface area contributed by atoms with Crippen molar-refractivity contribution in [2.75, 3.05) is 26.2 Å². The van der Waals surface area contributed by atoms with E-state index < -0.39 is 0 Å². The van der Waals surface area contributed by atoms with Gasteiger partial charge in [0.2, 0.25) is 5.52 Å². The zero-order valence-corrected chi connectivity index (χ0v) is 19.3. The van der Waals surface area contributed by atoms with Gasteiger partial charge in [0, 0.05) is 18.0 Å². The highest BCUT2D eigenvalue weighted by Crippen LogP contribution is 2.26. The van der Waals surface area contributed by atoms with Crippen molar-refractivity contribution in [3.63, 3.8) is 0 Å². The first-order valence-corrected chi connectivity index (χ1v) is 11.4. The molecule has 0 spiro atoms. The zero-order valence-electron chi connectivity index (χ0n) is 19.3. The summed E-state index contributed by atoms with van der Waals surface area (Å²) < 4.78 is 8.24. The van der Waals surface area contributed by atoms with Gasteiger partial charge in [0.1, 0.15) is 19.4 Å². The molecule has 0 radical (unpaired) electrons. The lowest BCUT2D eigenvalue weighted by Gasteiger charge is -2.26. The summed E-state index contributed by atoms with van der Waals surface area (Å²) in [7, 11) is 2.11. The van der Waals surface area contributed by atoms with Crippen LogP contribution in [0.2, 0.25) is 0 Å². The molecule has 1 aliphatic heterocycles. The van der Waals surface area contributed by atoms with Gasteiger partial charge in [-0.2, -0.15) is 0 Å². The molecule has 29 heavy (non-hydrogen) atoms. The second-order valence-electron chi connectivity index (χ2n) is 7.26. The van der Waals surface area contributed by atoms with Gasteiger partial charge in [-0.05, 0) is 57.1 Å². The molecule has 0 saturated carbocycles. The molecule has 0 N–H and O–H groups in total. The second-order valence-corrected chi connectivity index (χ2v) is 7.26. The van der Waals surface area contributed by atoms with Crippen molar-refractivity contribution in [1.29, 1.82) is 0 Å². The van der Waals surface area contributed by atoms with Crippen LogP contribution in [0.25, 0.3) is 21.7 Å². The van der Waals surface area contributed by atoms with Gasteiger partial charge >= 0.3 is 0 Å². The third-order valence-corrected chi connectivity index (χ3v) is 5.30. The second kappa shape index (κ2) is 11.8.